The second-order valence-corrected chi connectivity index (χ2v) is 5.59. The molecule has 0 aliphatic carbocycles. The van der Waals surface area contributed by atoms with E-state index in [1.165, 1.54) is 0 Å². The van der Waals surface area contributed by atoms with E-state index in [0.717, 1.165) is 37.4 Å². The molecular weight excluding hydrogens is 278 g/mol. The maximum Gasteiger partial charge on any atom is 0.269 e. The van der Waals surface area contributed by atoms with Crippen molar-refractivity contribution in [1.82, 2.24) is 4.90 Å². The molecule has 1 aromatic rings. The number of nitro benzene ring substituents is 1. The first-order valence-corrected chi connectivity index (χ1v) is 7.38. The van der Waals surface area contributed by atoms with Crippen LogP contribution in [0.1, 0.15) is 19.4 Å². The molecule has 1 saturated heterocycles. The molecule has 0 N–H and O–H groups in total. The average Bonchev–Trinajstić information content (AvgIpc) is 2.46. The van der Waals surface area contributed by atoms with E-state index in [-0.39, 0.29) is 10.6 Å². The van der Waals surface area contributed by atoms with E-state index < -0.39 is 0 Å². The molecule has 6 heteroatoms. The summed E-state index contributed by atoms with van der Waals surface area (Å²) in [5.74, 6) is 0.293. The first-order valence-electron chi connectivity index (χ1n) is 6.85. The molecule has 0 aromatic heterocycles. The Bertz CT molecular complexity index is 485. The van der Waals surface area contributed by atoms with Gasteiger partial charge in [-0.15, -0.1) is 11.6 Å². The number of hydrogen-bond donors (Lipinski definition) is 0. The van der Waals surface area contributed by atoms with Gasteiger partial charge in [0.05, 0.1) is 4.92 Å². The molecule has 1 aromatic carbocycles. The van der Waals surface area contributed by atoms with E-state index in [1.54, 1.807) is 12.1 Å². The van der Waals surface area contributed by atoms with Crippen molar-refractivity contribution < 1.29 is 4.92 Å². The fraction of sp³-hybridized carbons (Fsp3) is 0.571. The second-order valence-electron chi connectivity index (χ2n) is 5.32. The molecule has 110 valence electrons. The molecule has 0 radical (unpaired) electrons. The summed E-state index contributed by atoms with van der Waals surface area (Å²) < 4.78 is 0. The van der Waals surface area contributed by atoms with Gasteiger partial charge in [0.2, 0.25) is 0 Å². The molecule has 1 fully saturated rings. The van der Waals surface area contributed by atoms with Crippen molar-refractivity contribution in [3.05, 3.63) is 33.9 Å². The smallest absolute Gasteiger partial charge is 0.269 e. The monoisotopic (exact) mass is 297 g/mol. The molecule has 0 unspecified atom stereocenters. The third-order valence-corrected chi connectivity index (χ3v) is 4.09. The molecule has 5 nitrogen and oxygen atoms in total. The minimum Gasteiger partial charge on any atom is -0.369 e. The zero-order chi connectivity index (χ0) is 14.7. The van der Waals surface area contributed by atoms with Crippen molar-refractivity contribution in [3.63, 3.8) is 0 Å². The maximum atomic E-state index is 10.8. The number of anilines is 1. The average molecular weight is 298 g/mol. The number of hydrogen-bond acceptors (Lipinski definition) is 4. The lowest BCUT2D eigenvalue weighted by Crippen LogP contribution is -2.49. The third-order valence-electron chi connectivity index (χ3n) is 3.80. The van der Waals surface area contributed by atoms with Crippen molar-refractivity contribution in [3.8, 4) is 0 Å². The van der Waals surface area contributed by atoms with Crippen molar-refractivity contribution in [2.45, 2.75) is 25.8 Å². The van der Waals surface area contributed by atoms with Crippen LogP contribution in [0.3, 0.4) is 0 Å². The summed E-state index contributed by atoms with van der Waals surface area (Å²) in [7, 11) is 0. The third kappa shape index (κ3) is 3.22. The summed E-state index contributed by atoms with van der Waals surface area (Å²) >= 11 is 5.95. The molecule has 0 spiro atoms. The Morgan fingerprint density at radius 1 is 1.30 bits per heavy atom. The Morgan fingerprint density at radius 2 is 1.95 bits per heavy atom. The van der Waals surface area contributed by atoms with Gasteiger partial charge in [-0.3, -0.25) is 15.0 Å². The number of nitro groups is 1. The molecule has 1 aliphatic rings. The van der Waals surface area contributed by atoms with Crippen molar-refractivity contribution in [1.29, 1.82) is 0 Å². The van der Waals surface area contributed by atoms with E-state index >= 15 is 0 Å². The molecule has 1 heterocycles. The summed E-state index contributed by atoms with van der Waals surface area (Å²) in [5.41, 5.74) is 1.96. The van der Waals surface area contributed by atoms with Gasteiger partial charge in [-0.1, -0.05) is 0 Å². The molecule has 0 saturated carbocycles. The van der Waals surface area contributed by atoms with Gasteiger partial charge in [0.25, 0.3) is 5.69 Å². The van der Waals surface area contributed by atoms with Crippen LogP contribution < -0.4 is 4.90 Å². The van der Waals surface area contributed by atoms with Crippen molar-refractivity contribution >= 4 is 23.0 Å². The van der Waals surface area contributed by atoms with Crippen LogP contribution in [0, 0.1) is 10.1 Å². The van der Waals surface area contributed by atoms with Crippen LogP contribution in [-0.4, -0.2) is 42.0 Å². The first kappa shape index (κ1) is 15.1. The predicted octanol–water partition coefficient (Wildman–Crippen LogP) is 2.86. The van der Waals surface area contributed by atoms with Crippen LogP contribution in [0.4, 0.5) is 11.4 Å². The number of rotatable bonds is 4. The molecule has 0 amide bonds. The highest BCUT2D eigenvalue weighted by Gasteiger charge is 2.21. The SMILES string of the molecule is CC(C)N1CCN(c2ccc([N+](=O)[O-])cc2CCl)CC1. The zero-order valence-corrected chi connectivity index (χ0v) is 12.6. The standard InChI is InChI=1S/C14H20ClN3O2/c1-11(2)16-5-7-17(8-6-16)14-4-3-13(18(19)20)9-12(14)10-15/h3-4,9,11H,5-8,10H2,1-2H3. The Balaban J connectivity index is 2.15. The Labute approximate surface area is 124 Å². The summed E-state index contributed by atoms with van der Waals surface area (Å²) in [6.45, 7) is 8.28. The van der Waals surface area contributed by atoms with Gasteiger partial charge in [-0.2, -0.15) is 0 Å². The van der Waals surface area contributed by atoms with E-state index in [9.17, 15) is 10.1 Å². The van der Waals surface area contributed by atoms with Crippen molar-refractivity contribution in [2.24, 2.45) is 0 Å². The van der Waals surface area contributed by atoms with Gasteiger partial charge in [-0.25, -0.2) is 0 Å². The lowest BCUT2D eigenvalue weighted by atomic mass is 10.1. The number of halogens is 1. The van der Waals surface area contributed by atoms with Gasteiger partial charge >= 0.3 is 0 Å². The summed E-state index contributed by atoms with van der Waals surface area (Å²) in [6.07, 6.45) is 0. The minimum absolute atomic E-state index is 0.102. The largest absolute Gasteiger partial charge is 0.369 e. The van der Waals surface area contributed by atoms with E-state index in [4.69, 9.17) is 11.6 Å². The van der Waals surface area contributed by atoms with Crippen LogP contribution in [0.15, 0.2) is 18.2 Å². The zero-order valence-electron chi connectivity index (χ0n) is 11.9. The molecule has 0 atom stereocenters. The van der Waals surface area contributed by atoms with Crippen LogP contribution in [0.5, 0.6) is 0 Å². The second kappa shape index (κ2) is 6.41. The molecule has 20 heavy (non-hydrogen) atoms. The fourth-order valence-corrected chi connectivity index (χ4v) is 2.79. The lowest BCUT2D eigenvalue weighted by molar-refractivity contribution is -0.384. The highest BCUT2D eigenvalue weighted by Crippen LogP contribution is 2.28. The van der Waals surface area contributed by atoms with Gasteiger partial charge in [0.1, 0.15) is 0 Å². The van der Waals surface area contributed by atoms with Crippen LogP contribution in [0.25, 0.3) is 0 Å². The minimum atomic E-state index is -0.378. The first-order chi connectivity index (χ1) is 9.52. The lowest BCUT2D eigenvalue weighted by Gasteiger charge is -2.38. The maximum absolute atomic E-state index is 10.8. The van der Waals surface area contributed by atoms with Crippen molar-refractivity contribution in [2.75, 3.05) is 31.1 Å². The Kier molecular flexibility index (Phi) is 4.83. The number of benzene rings is 1. The number of non-ortho nitro benzene ring substituents is 1. The van der Waals surface area contributed by atoms with Gasteiger partial charge in [0, 0.05) is 55.9 Å². The Morgan fingerprint density at radius 3 is 2.45 bits per heavy atom. The molecule has 0 bridgehead atoms. The Hall–Kier alpha value is -1.33. The van der Waals surface area contributed by atoms with Crippen LogP contribution in [0.2, 0.25) is 0 Å². The van der Waals surface area contributed by atoms with Crippen LogP contribution >= 0.6 is 11.6 Å². The van der Waals surface area contributed by atoms with E-state index in [2.05, 4.69) is 23.6 Å². The van der Waals surface area contributed by atoms with E-state index in [1.807, 2.05) is 6.07 Å². The molecule has 1 aliphatic heterocycles. The molecular formula is C14H20ClN3O2. The topological polar surface area (TPSA) is 49.6 Å². The summed E-state index contributed by atoms with van der Waals surface area (Å²) in [6, 6.07) is 5.51. The fourth-order valence-electron chi connectivity index (χ4n) is 2.58. The predicted molar refractivity (Wildman–Crippen MR) is 81.6 cm³/mol. The quantitative estimate of drug-likeness (QED) is 0.487. The number of piperazine rings is 1. The normalized spacial score (nSPS) is 16.7. The van der Waals surface area contributed by atoms with Crippen LogP contribution in [-0.2, 0) is 5.88 Å². The van der Waals surface area contributed by atoms with Gasteiger partial charge < -0.3 is 4.90 Å². The molecule has 2 rings (SSSR count). The van der Waals surface area contributed by atoms with Gasteiger partial charge in [-0.05, 0) is 25.5 Å². The summed E-state index contributed by atoms with van der Waals surface area (Å²) in [4.78, 5) is 15.1. The van der Waals surface area contributed by atoms with Gasteiger partial charge in [0.15, 0.2) is 0 Å². The van der Waals surface area contributed by atoms with E-state index in [0.29, 0.717) is 11.9 Å². The number of nitrogens with zero attached hydrogens (tertiary/aromatic N) is 3. The number of alkyl halides is 1. The highest BCUT2D eigenvalue weighted by atomic mass is 35.5. The summed E-state index contributed by atoms with van der Waals surface area (Å²) in [5, 5.41) is 10.8. The highest BCUT2D eigenvalue weighted by molar-refractivity contribution is 6.17.